The Kier molecular flexibility index (Phi) is 5.55. The van der Waals surface area contributed by atoms with Gasteiger partial charge < -0.3 is 5.32 Å². The van der Waals surface area contributed by atoms with E-state index < -0.39 is 39.4 Å². The average molecular weight is 525 g/mol. The summed E-state index contributed by atoms with van der Waals surface area (Å²) in [5.74, 6) is -3.14. The van der Waals surface area contributed by atoms with Crippen LogP contribution in [0.4, 0.5) is 0 Å². The van der Waals surface area contributed by atoms with Gasteiger partial charge in [0.25, 0.3) is 0 Å². The van der Waals surface area contributed by atoms with Crippen molar-refractivity contribution in [1.82, 2.24) is 10.2 Å². The standard InChI is InChI=1S/C29H30Cl2N2O3/c1-16(2)24(25(34)32-17-10-4-3-5-11-17)33-26(35)22-23(27(33)36)29(31)19-13-7-6-12-18(19)28(22,30)20-14-8-9-15-21(20)29/h6-9,12-17,22-24H,3-5,10-11H2,1-2H3,(H,32,34)/t22-,23-,24+,28?,29?/m1/s1. The van der Waals surface area contributed by atoms with Crippen LogP contribution in [0.1, 0.15) is 68.2 Å². The molecule has 5 aliphatic rings. The van der Waals surface area contributed by atoms with Crippen LogP contribution in [0, 0.1) is 17.8 Å². The van der Waals surface area contributed by atoms with E-state index >= 15 is 0 Å². The molecule has 2 fully saturated rings. The van der Waals surface area contributed by atoms with Crippen LogP contribution in [0.15, 0.2) is 48.5 Å². The lowest BCUT2D eigenvalue weighted by atomic mass is 9.54. The number of imide groups is 1. The van der Waals surface area contributed by atoms with Crippen molar-refractivity contribution in [2.24, 2.45) is 17.8 Å². The maximum atomic E-state index is 14.2. The van der Waals surface area contributed by atoms with Crippen LogP contribution in [0.2, 0.25) is 0 Å². The molecule has 1 aliphatic heterocycles. The highest BCUT2D eigenvalue weighted by Crippen LogP contribution is 2.69. The van der Waals surface area contributed by atoms with Gasteiger partial charge in [-0.3, -0.25) is 19.3 Å². The lowest BCUT2D eigenvalue weighted by Crippen LogP contribution is -2.57. The minimum absolute atomic E-state index is 0.0750. The molecular formula is C29H30Cl2N2O3. The molecule has 5 nitrogen and oxygen atoms in total. The van der Waals surface area contributed by atoms with Gasteiger partial charge in [0.05, 0.1) is 11.8 Å². The van der Waals surface area contributed by atoms with E-state index in [1.807, 2.05) is 62.4 Å². The van der Waals surface area contributed by atoms with E-state index in [2.05, 4.69) is 5.32 Å². The Morgan fingerprint density at radius 1 is 0.833 bits per heavy atom. The molecule has 0 radical (unpaired) electrons. The summed E-state index contributed by atoms with van der Waals surface area (Å²) in [7, 11) is 0. The molecule has 0 unspecified atom stereocenters. The lowest BCUT2D eigenvalue weighted by Gasteiger charge is -2.54. The molecule has 36 heavy (non-hydrogen) atoms. The molecule has 3 atom stereocenters. The predicted octanol–water partition coefficient (Wildman–Crippen LogP) is 5.05. The zero-order chi connectivity index (χ0) is 25.4. The molecule has 7 heteroatoms. The SMILES string of the molecule is CC(C)[C@@H](C(=O)NC1CCCCC1)N1C(=O)[C@H]2[C@H](C1=O)C1(Cl)c3ccccc3C2(Cl)c2ccccc21. The van der Waals surface area contributed by atoms with Gasteiger partial charge in [0, 0.05) is 6.04 Å². The molecule has 3 amide bonds. The van der Waals surface area contributed by atoms with Crippen molar-refractivity contribution in [3.63, 3.8) is 0 Å². The van der Waals surface area contributed by atoms with Crippen LogP contribution in [-0.2, 0) is 24.1 Å². The van der Waals surface area contributed by atoms with Gasteiger partial charge in [0.2, 0.25) is 17.7 Å². The molecular weight excluding hydrogens is 495 g/mol. The molecule has 0 spiro atoms. The Morgan fingerprint density at radius 2 is 1.25 bits per heavy atom. The Labute approximate surface area is 221 Å². The first-order valence-corrected chi connectivity index (χ1v) is 13.7. The van der Waals surface area contributed by atoms with Gasteiger partial charge in [-0.25, -0.2) is 0 Å². The largest absolute Gasteiger partial charge is 0.352 e. The van der Waals surface area contributed by atoms with Crippen molar-refractivity contribution in [2.45, 2.75) is 67.8 Å². The Bertz CT molecular complexity index is 1150. The van der Waals surface area contributed by atoms with E-state index in [1.54, 1.807) is 0 Å². The van der Waals surface area contributed by atoms with Gasteiger partial charge in [0.1, 0.15) is 15.8 Å². The predicted molar refractivity (Wildman–Crippen MR) is 139 cm³/mol. The zero-order valence-electron chi connectivity index (χ0n) is 20.5. The molecule has 4 aliphatic carbocycles. The maximum Gasteiger partial charge on any atom is 0.243 e. The zero-order valence-corrected chi connectivity index (χ0v) is 22.0. The number of likely N-dealkylation sites (tertiary alicyclic amines) is 1. The number of amides is 3. The minimum Gasteiger partial charge on any atom is -0.352 e. The van der Waals surface area contributed by atoms with Crippen molar-refractivity contribution >= 4 is 40.9 Å². The number of carbonyl (C=O) groups is 3. The Balaban J connectivity index is 1.47. The first-order valence-electron chi connectivity index (χ1n) is 13.0. The summed E-state index contributed by atoms with van der Waals surface area (Å²) < 4.78 is 0. The van der Waals surface area contributed by atoms with Crippen LogP contribution in [0.3, 0.4) is 0 Å². The molecule has 2 bridgehead atoms. The van der Waals surface area contributed by atoms with Crippen LogP contribution in [-0.4, -0.2) is 34.7 Å². The fourth-order valence-corrected chi connectivity index (χ4v) is 8.31. The van der Waals surface area contributed by atoms with E-state index in [0.29, 0.717) is 0 Å². The second kappa shape index (κ2) is 8.32. The van der Waals surface area contributed by atoms with E-state index in [4.69, 9.17) is 23.2 Å². The molecule has 188 valence electrons. The van der Waals surface area contributed by atoms with Gasteiger partial charge in [-0.2, -0.15) is 0 Å². The maximum absolute atomic E-state index is 14.2. The highest BCUT2D eigenvalue weighted by atomic mass is 35.5. The van der Waals surface area contributed by atoms with Crippen LogP contribution >= 0.6 is 23.2 Å². The molecule has 1 saturated carbocycles. The van der Waals surface area contributed by atoms with Gasteiger partial charge >= 0.3 is 0 Å². The normalized spacial score (nSPS) is 31.8. The lowest BCUT2D eigenvalue weighted by molar-refractivity contribution is -0.150. The van der Waals surface area contributed by atoms with E-state index in [-0.39, 0.29) is 17.9 Å². The number of halogens is 2. The summed E-state index contributed by atoms with van der Waals surface area (Å²) in [5, 5.41) is 3.14. The Hall–Kier alpha value is -2.37. The van der Waals surface area contributed by atoms with E-state index in [9.17, 15) is 14.4 Å². The summed E-state index contributed by atoms with van der Waals surface area (Å²) in [4.78, 5) is 40.8. The summed E-state index contributed by atoms with van der Waals surface area (Å²) >= 11 is 15.0. The average Bonchev–Trinajstić information content (AvgIpc) is 3.14. The van der Waals surface area contributed by atoms with Crippen molar-refractivity contribution in [1.29, 1.82) is 0 Å². The number of hydrogen-bond acceptors (Lipinski definition) is 3. The molecule has 7 rings (SSSR count). The van der Waals surface area contributed by atoms with Gasteiger partial charge in [-0.15, -0.1) is 23.2 Å². The number of hydrogen-bond donors (Lipinski definition) is 1. The smallest absolute Gasteiger partial charge is 0.243 e. The third-order valence-corrected chi connectivity index (χ3v) is 10.0. The number of nitrogens with zero attached hydrogens (tertiary/aromatic N) is 1. The quantitative estimate of drug-likeness (QED) is 0.449. The van der Waals surface area contributed by atoms with Crippen LogP contribution < -0.4 is 5.32 Å². The van der Waals surface area contributed by atoms with Gasteiger partial charge in [-0.1, -0.05) is 81.6 Å². The second-order valence-corrected chi connectivity index (χ2v) is 12.2. The minimum atomic E-state index is -1.24. The first-order chi connectivity index (χ1) is 17.2. The highest BCUT2D eigenvalue weighted by molar-refractivity contribution is 6.36. The van der Waals surface area contributed by atoms with Crippen LogP contribution in [0.25, 0.3) is 0 Å². The molecule has 1 heterocycles. The third kappa shape index (κ3) is 2.99. The number of benzene rings is 2. The van der Waals surface area contributed by atoms with Crippen molar-refractivity contribution < 1.29 is 14.4 Å². The third-order valence-electron chi connectivity index (χ3n) is 8.75. The summed E-state index contributed by atoms with van der Waals surface area (Å²) in [6.07, 6.45) is 5.16. The number of carbonyl (C=O) groups excluding carboxylic acids is 3. The highest BCUT2D eigenvalue weighted by Gasteiger charge is 2.73. The van der Waals surface area contributed by atoms with Crippen molar-refractivity contribution in [3.8, 4) is 0 Å². The van der Waals surface area contributed by atoms with Crippen LogP contribution in [0.5, 0.6) is 0 Å². The van der Waals surface area contributed by atoms with Gasteiger partial charge in [0.15, 0.2) is 0 Å². The molecule has 1 N–H and O–H groups in total. The number of alkyl halides is 2. The fraction of sp³-hybridized carbons (Fsp3) is 0.483. The molecule has 0 aromatic heterocycles. The first kappa shape index (κ1) is 24.0. The number of rotatable bonds is 4. The van der Waals surface area contributed by atoms with E-state index in [0.717, 1.165) is 47.9 Å². The summed E-state index contributed by atoms with van der Waals surface area (Å²) in [6.45, 7) is 3.75. The summed E-state index contributed by atoms with van der Waals surface area (Å²) in [5.41, 5.74) is 3.05. The number of nitrogens with one attached hydrogen (secondary N) is 1. The molecule has 1 saturated heterocycles. The van der Waals surface area contributed by atoms with Crippen molar-refractivity contribution in [3.05, 3.63) is 70.8 Å². The molecule has 2 aromatic carbocycles. The second-order valence-electron chi connectivity index (χ2n) is 11.0. The Morgan fingerprint density at radius 3 is 1.64 bits per heavy atom. The van der Waals surface area contributed by atoms with Crippen molar-refractivity contribution in [2.75, 3.05) is 0 Å². The monoisotopic (exact) mass is 524 g/mol. The van der Waals surface area contributed by atoms with Gasteiger partial charge in [-0.05, 0) is 41.0 Å². The topological polar surface area (TPSA) is 66.5 Å². The molecule has 2 aromatic rings. The fourth-order valence-electron chi connectivity index (χ4n) is 7.21. The van der Waals surface area contributed by atoms with E-state index in [1.165, 1.54) is 11.3 Å². The summed E-state index contributed by atoms with van der Waals surface area (Å²) in [6, 6.07) is 14.3.